The molecule has 1 aromatic heterocycles. The van der Waals surface area contributed by atoms with Gasteiger partial charge in [0.25, 0.3) is 5.56 Å². The zero-order valence-corrected chi connectivity index (χ0v) is 12.2. The van der Waals surface area contributed by atoms with Crippen molar-refractivity contribution in [3.63, 3.8) is 0 Å². The number of amides is 1. The number of piperazine rings is 1. The first-order chi connectivity index (χ1) is 10.1. The minimum atomic E-state index is -0.0961. The molecule has 1 aliphatic rings. The van der Waals surface area contributed by atoms with Crippen LogP contribution < -0.4 is 10.5 Å². The fourth-order valence-electron chi connectivity index (χ4n) is 2.74. The van der Waals surface area contributed by atoms with Crippen LogP contribution in [-0.2, 0) is 11.3 Å². The molecule has 0 atom stereocenters. The van der Waals surface area contributed by atoms with E-state index in [4.69, 9.17) is 0 Å². The van der Waals surface area contributed by atoms with Crippen molar-refractivity contribution in [1.29, 1.82) is 0 Å². The molecular weight excluding hydrogens is 266 g/mol. The van der Waals surface area contributed by atoms with Crippen molar-refractivity contribution in [1.82, 2.24) is 9.47 Å². The Kier molecular flexibility index (Phi) is 3.75. The second kappa shape index (κ2) is 5.69. The Balaban J connectivity index is 1.80. The first-order valence-electron chi connectivity index (χ1n) is 7.32. The molecule has 110 valence electrons. The predicted molar refractivity (Wildman–Crippen MR) is 81.4 cm³/mol. The molecule has 0 spiro atoms. The minimum absolute atomic E-state index is 0.0277. The summed E-state index contributed by atoms with van der Waals surface area (Å²) in [7, 11) is 2.13. The van der Waals surface area contributed by atoms with Crippen molar-refractivity contribution in [2.45, 2.75) is 6.54 Å². The highest BCUT2D eigenvalue weighted by Gasteiger charge is 2.21. The fraction of sp³-hybridized carbons (Fsp3) is 0.375. The summed E-state index contributed by atoms with van der Waals surface area (Å²) in [4.78, 5) is 28.0. The molecule has 1 saturated heterocycles. The molecule has 0 bridgehead atoms. The van der Waals surface area contributed by atoms with E-state index in [0.717, 1.165) is 31.6 Å². The number of benzene rings is 1. The zero-order valence-electron chi connectivity index (χ0n) is 12.2. The Morgan fingerprint density at radius 2 is 1.90 bits per heavy atom. The number of aromatic nitrogens is 1. The summed E-state index contributed by atoms with van der Waals surface area (Å²) in [5.74, 6) is 0.0277. The van der Waals surface area contributed by atoms with Gasteiger partial charge in [-0.3, -0.25) is 9.59 Å². The van der Waals surface area contributed by atoms with Crippen LogP contribution in [0.25, 0.3) is 10.8 Å². The summed E-state index contributed by atoms with van der Waals surface area (Å²) in [6.45, 7) is 3.61. The number of rotatable bonds is 2. The SMILES string of the molecule is C[NH+]1CCN(C(=O)Cn2ccc3ccccc3c2=O)CC1. The van der Waals surface area contributed by atoms with Crippen LogP contribution in [0.1, 0.15) is 0 Å². The first kappa shape index (κ1) is 13.8. The number of nitrogens with zero attached hydrogens (tertiary/aromatic N) is 2. The Morgan fingerprint density at radius 3 is 2.67 bits per heavy atom. The van der Waals surface area contributed by atoms with Gasteiger partial charge in [-0.1, -0.05) is 18.2 Å². The van der Waals surface area contributed by atoms with Gasteiger partial charge in [-0.15, -0.1) is 0 Å². The molecule has 3 rings (SSSR count). The molecule has 1 amide bonds. The molecule has 5 nitrogen and oxygen atoms in total. The van der Waals surface area contributed by atoms with Crippen LogP contribution in [-0.4, -0.2) is 48.6 Å². The lowest BCUT2D eigenvalue weighted by Gasteiger charge is -2.30. The molecule has 2 heterocycles. The maximum Gasteiger partial charge on any atom is 0.258 e. The first-order valence-corrected chi connectivity index (χ1v) is 7.32. The average Bonchev–Trinajstić information content (AvgIpc) is 2.51. The molecule has 2 aromatic rings. The van der Waals surface area contributed by atoms with Crippen LogP contribution in [0.15, 0.2) is 41.3 Å². The molecule has 0 aliphatic carbocycles. The average molecular weight is 286 g/mol. The van der Waals surface area contributed by atoms with Crippen LogP contribution in [0.4, 0.5) is 0 Å². The number of fused-ring (bicyclic) bond motifs is 1. The summed E-state index contributed by atoms with van der Waals surface area (Å²) >= 11 is 0. The number of nitrogens with one attached hydrogen (secondary N) is 1. The standard InChI is InChI=1S/C16H19N3O2/c1-17-8-10-18(11-9-17)15(20)12-19-7-6-13-4-2-3-5-14(13)16(19)21/h2-7H,8-12H2,1H3/p+1. The van der Waals surface area contributed by atoms with Crippen molar-refractivity contribution >= 4 is 16.7 Å². The Hall–Kier alpha value is -2.14. The predicted octanol–water partition coefficient (Wildman–Crippen LogP) is -0.642. The number of likely N-dealkylation sites (N-methyl/N-ethyl adjacent to an activating group) is 1. The van der Waals surface area contributed by atoms with Crippen LogP contribution >= 0.6 is 0 Å². The maximum absolute atomic E-state index is 12.4. The lowest BCUT2D eigenvalue weighted by Crippen LogP contribution is -3.12. The van der Waals surface area contributed by atoms with Gasteiger partial charge in [0, 0.05) is 11.6 Å². The second-order valence-corrected chi connectivity index (χ2v) is 5.67. The van der Waals surface area contributed by atoms with Gasteiger partial charge in [0.2, 0.25) is 5.91 Å². The van der Waals surface area contributed by atoms with Gasteiger partial charge in [-0.25, -0.2) is 0 Å². The molecule has 5 heteroatoms. The van der Waals surface area contributed by atoms with E-state index in [0.29, 0.717) is 5.39 Å². The van der Waals surface area contributed by atoms with E-state index in [9.17, 15) is 9.59 Å². The highest BCUT2D eigenvalue weighted by atomic mass is 16.2. The second-order valence-electron chi connectivity index (χ2n) is 5.67. The van der Waals surface area contributed by atoms with Gasteiger partial charge in [-0.05, 0) is 17.5 Å². The molecule has 0 radical (unpaired) electrons. The summed E-state index contributed by atoms with van der Waals surface area (Å²) < 4.78 is 1.51. The van der Waals surface area contributed by atoms with Crippen LogP contribution in [0.2, 0.25) is 0 Å². The van der Waals surface area contributed by atoms with Gasteiger partial charge in [-0.2, -0.15) is 0 Å². The van der Waals surface area contributed by atoms with Crippen molar-refractivity contribution in [3.8, 4) is 0 Å². The van der Waals surface area contributed by atoms with Gasteiger partial charge >= 0.3 is 0 Å². The molecule has 21 heavy (non-hydrogen) atoms. The Labute approximate surface area is 123 Å². The van der Waals surface area contributed by atoms with E-state index >= 15 is 0 Å². The monoisotopic (exact) mass is 286 g/mol. The Bertz CT molecular complexity index is 715. The smallest absolute Gasteiger partial charge is 0.258 e. The third kappa shape index (κ3) is 2.83. The largest absolute Gasteiger partial charge is 0.334 e. The third-order valence-corrected chi connectivity index (χ3v) is 4.16. The number of hydrogen-bond donors (Lipinski definition) is 1. The van der Waals surface area contributed by atoms with Gasteiger partial charge in [0.05, 0.1) is 33.2 Å². The number of hydrogen-bond acceptors (Lipinski definition) is 2. The fourth-order valence-corrected chi connectivity index (χ4v) is 2.74. The molecule has 1 N–H and O–H groups in total. The van der Waals surface area contributed by atoms with E-state index < -0.39 is 0 Å². The summed E-state index contributed by atoms with van der Waals surface area (Å²) in [6.07, 6.45) is 1.71. The number of pyridine rings is 1. The Morgan fingerprint density at radius 1 is 1.19 bits per heavy atom. The quantitative estimate of drug-likeness (QED) is 0.798. The van der Waals surface area contributed by atoms with E-state index in [1.165, 1.54) is 9.47 Å². The number of carbonyl (C=O) groups excluding carboxylic acids is 1. The van der Waals surface area contributed by atoms with Crippen molar-refractivity contribution in [2.75, 3.05) is 33.2 Å². The topological polar surface area (TPSA) is 46.8 Å². The third-order valence-electron chi connectivity index (χ3n) is 4.16. The van der Waals surface area contributed by atoms with Crippen molar-refractivity contribution < 1.29 is 9.69 Å². The van der Waals surface area contributed by atoms with Crippen LogP contribution in [0.5, 0.6) is 0 Å². The minimum Gasteiger partial charge on any atom is -0.334 e. The van der Waals surface area contributed by atoms with E-state index in [1.807, 2.05) is 29.2 Å². The van der Waals surface area contributed by atoms with Crippen molar-refractivity contribution in [3.05, 3.63) is 46.9 Å². The zero-order chi connectivity index (χ0) is 14.8. The number of quaternary nitrogens is 1. The number of carbonyl (C=O) groups is 1. The molecule has 1 fully saturated rings. The van der Waals surface area contributed by atoms with Gasteiger partial charge in [0.15, 0.2) is 0 Å². The highest BCUT2D eigenvalue weighted by molar-refractivity contribution is 5.82. The van der Waals surface area contributed by atoms with Gasteiger partial charge < -0.3 is 14.4 Å². The molecular formula is C16H20N3O2+. The summed E-state index contributed by atoms with van der Waals surface area (Å²) in [5, 5.41) is 1.57. The van der Waals surface area contributed by atoms with Crippen LogP contribution in [0.3, 0.4) is 0 Å². The molecule has 0 saturated carbocycles. The molecule has 1 aliphatic heterocycles. The molecule has 0 unspecified atom stereocenters. The van der Waals surface area contributed by atoms with E-state index in [2.05, 4.69) is 7.05 Å². The summed E-state index contributed by atoms with van der Waals surface area (Å²) in [6, 6.07) is 9.35. The van der Waals surface area contributed by atoms with E-state index in [-0.39, 0.29) is 18.0 Å². The van der Waals surface area contributed by atoms with E-state index in [1.54, 1.807) is 12.3 Å². The maximum atomic E-state index is 12.4. The normalized spacial score (nSPS) is 16.3. The summed E-state index contributed by atoms with van der Waals surface area (Å²) in [5.41, 5.74) is -0.0961. The lowest BCUT2D eigenvalue weighted by atomic mass is 10.2. The highest BCUT2D eigenvalue weighted by Crippen LogP contribution is 2.08. The van der Waals surface area contributed by atoms with Crippen LogP contribution in [0, 0.1) is 0 Å². The van der Waals surface area contributed by atoms with Crippen molar-refractivity contribution in [2.24, 2.45) is 0 Å². The lowest BCUT2D eigenvalue weighted by molar-refractivity contribution is -0.883. The molecule has 1 aromatic carbocycles. The van der Waals surface area contributed by atoms with Gasteiger partial charge in [0.1, 0.15) is 6.54 Å².